The number of ketones is 1. The Morgan fingerprint density at radius 2 is 2.08 bits per heavy atom. The Morgan fingerprint density at radius 3 is 2.76 bits per heavy atom. The topological polar surface area (TPSA) is 70.1 Å². The number of hydrogen-bond acceptors (Lipinski definition) is 6. The summed E-state index contributed by atoms with van der Waals surface area (Å²) in [6.07, 6.45) is 2.58. The summed E-state index contributed by atoms with van der Waals surface area (Å²) in [6.45, 7) is 5.57. The van der Waals surface area contributed by atoms with E-state index in [0.29, 0.717) is 31.1 Å². The van der Waals surface area contributed by atoms with E-state index < -0.39 is 5.60 Å². The number of amides is 1. The second kappa shape index (κ2) is 7.95. The molecule has 2 aliphatic rings. The maximum Gasteiger partial charge on any atom is 0.227 e. The Morgan fingerprint density at radius 1 is 1.32 bits per heavy atom. The van der Waals surface area contributed by atoms with Crippen LogP contribution >= 0.6 is 11.3 Å². The molecule has 6 nitrogen and oxygen atoms in total. The summed E-state index contributed by atoms with van der Waals surface area (Å²) >= 11 is 1.37. The fourth-order valence-corrected chi connectivity index (χ4v) is 4.34. The summed E-state index contributed by atoms with van der Waals surface area (Å²) in [4.78, 5) is 28.7. The predicted molar refractivity (Wildman–Crippen MR) is 96.1 cm³/mol. The van der Waals surface area contributed by atoms with Crippen LogP contribution in [0.4, 0.5) is 0 Å². The molecule has 2 fully saturated rings. The van der Waals surface area contributed by atoms with Gasteiger partial charge >= 0.3 is 0 Å². The zero-order chi connectivity index (χ0) is 17.9. The molecule has 2 aliphatic heterocycles. The molecule has 1 N–H and O–H groups in total. The average Bonchev–Trinajstić information content (AvgIpc) is 3.18. The average molecular weight is 366 g/mol. The summed E-state index contributed by atoms with van der Waals surface area (Å²) in [7, 11) is 0. The minimum Gasteiger partial charge on any atom is -0.384 e. The highest BCUT2D eigenvalue weighted by atomic mass is 32.1. The van der Waals surface area contributed by atoms with Crippen LogP contribution in [0.5, 0.6) is 0 Å². The minimum absolute atomic E-state index is 0.0202. The van der Waals surface area contributed by atoms with E-state index in [4.69, 9.17) is 4.74 Å². The molecule has 2 saturated heterocycles. The third-order valence-corrected chi connectivity index (χ3v) is 5.87. The number of β-amino-alcohol motifs (C(OH)–C–C–N with tert-alkyl or cyclic N) is 1. The molecular weight excluding hydrogens is 340 g/mol. The Kier molecular flexibility index (Phi) is 5.89. The maximum absolute atomic E-state index is 12.7. The van der Waals surface area contributed by atoms with E-state index in [1.165, 1.54) is 18.3 Å². The van der Waals surface area contributed by atoms with Crippen LogP contribution in [0, 0.1) is 0 Å². The standard InChI is InChI=1S/C18H26N2O4S/c1-14(21)16-8-15(10-25-16)9-17(22)20-6-7-24-13-18(23,12-20)11-19-4-2-3-5-19/h8,10,23H,2-7,9,11-13H2,1H3/t18-/m0/s1. The highest BCUT2D eigenvalue weighted by molar-refractivity contribution is 7.12. The molecule has 1 amide bonds. The number of carbonyl (C=O) groups is 2. The lowest BCUT2D eigenvalue weighted by Gasteiger charge is -2.34. The second-order valence-electron chi connectivity index (χ2n) is 7.13. The third kappa shape index (κ3) is 4.88. The number of thiophene rings is 1. The van der Waals surface area contributed by atoms with Crippen LogP contribution in [0.15, 0.2) is 11.4 Å². The third-order valence-electron chi connectivity index (χ3n) is 4.79. The number of likely N-dealkylation sites (tertiary alicyclic amines) is 1. The van der Waals surface area contributed by atoms with E-state index in [0.717, 1.165) is 31.5 Å². The highest BCUT2D eigenvalue weighted by Gasteiger charge is 2.36. The molecule has 0 spiro atoms. The van der Waals surface area contributed by atoms with Crippen LogP contribution in [-0.2, 0) is 16.0 Å². The maximum atomic E-state index is 12.7. The van der Waals surface area contributed by atoms with Gasteiger partial charge in [-0.2, -0.15) is 0 Å². The van der Waals surface area contributed by atoms with Gasteiger partial charge in [0.2, 0.25) is 5.91 Å². The van der Waals surface area contributed by atoms with Crippen LogP contribution in [0.3, 0.4) is 0 Å². The summed E-state index contributed by atoms with van der Waals surface area (Å²) in [6, 6.07) is 1.79. The van der Waals surface area contributed by atoms with Crippen molar-refractivity contribution in [3.8, 4) is 0 Å². The summed E-state index contributed by atoms with van der Waals surface area (Å²) < 4.78 is 5.57. The molecular formula is C18H26N2O4S. The molecule has 25 heavy (non-hydrogen) atoms. The molecule has 138 valence electrons. The molecule has 0 saturated carbocycles. The van der Waals surface area contributed by atoms with E-state index in [1.54, 1.807) is 11.0 Å². The first kappa shape index (κ1) is 18.5. The zero-order valence-corrected chi connectivity index (χ0v) is 15.5. The molecule has 0 aromatic carbocycles. The smallest absolute Gasteiger partial charge is 0.227 e. The fourth-order valence-electron chi connectivity index (χ4n) is 3.52. The lowest BCUT2D eigenvalue weighted by Crippen LogP contribution is -2.53. The van der Waals surface area contributed by atoms with E-state index in [1.807, 2.05) is 5.38 Å². The molecule has 1 aromatic rings. The van der Waals surface area contributed by atoms with Crippen molar-refractivity contribution in [2.75, 3.05) is 45.9 Å². The monoisotopic (exact) mass is 366 g/mol. The summed E-state index contributed by atoms with van der Waals surface area (Å²) in [5, 5.41) is 12.8. The predicted octanol–water partition coefficient (Wildman–Crippen LogP) is 1.18. The lowest BCUT2D eigenvalue weighted by molar-refractivity contribution is -0.133. The van der Waals surface area contributed by atoms with Crippen LogP contribution in [-0.4, -0.2) is 78.1 Å². The van der Waals surface area contributed by atoms with Crippen molar-refractivity contribution in [3.05, 3.63) is 21.9 Å². The molecule has 7 heteroatoms. The van der Waals surface area contributed by atoms with Crippen molar-refractivity contribution >= 4 is 23.0 Å². The number of nitrogens with zero attached hydrogens (tertiary/aromatic N) is 2. The number of ether oxygens (including phenoxy) is 1. The van der Waals surface area contributed by atoms with E-state index in [-0.39, 0.29) is 24.7 Å². The second-order valence-corrected chi connectivity index (χ2v) is 8.04. The van der Waals surface area contributed by atoms with Crippen LogP contribution in [0.1, 0.15) is 35.0 Å². The molecule has 0 unspecified atom stereocenters. The molecule has 3 rings (SSSR count). The number of hydrogen-bond donors (Lipinski definition) is 1. The van der Waals surface area contributed by atoms with E-state index in [9.17, 15) is 14.7 Å². The number of carbonyl (C=O) groups excluding carboxylic acids is 2. The Balaban J connectivity index is 1.62. The largest absolute Gasteiger partial charge is 0.384 e. The van der Waals surface area contributed by atoms with Crippen molar-refractivity contribution in [2.24, 2.45) is 0 Å². The quantitative estimate of drug-likeness (QED) is 0.793. The number of Topliss-reactive ketones (excluding diaryl/α,β-unsaturated/α-hetero) is 1. The van der Waals surface area contributed by atoms with Crippen LogP contribution in [0.25, 0.3) is 0 Å². The van der Waals surface area contributed by atoms with Gasteiger partial charge in [-0.05, 0) is 49.9 Å². The Hall–Kier alpha value is -1.28. The van der Waals surface area contributed by atoms with Crippen LogP contribution < -0.4 is 0 Å². The van der Waals surface area contributed by atoms with E-state index in [2.05, 4.69) is 4.90 Å². The fraction of sp³-hybridized carbons (Fsp3) is 0.667. The normalized spacial score (nSPS) is 25.1. The minimum atomic E-state index is -1.02. The first-order chi connectivity index (χ1) is 12.0. The molecule has 0 radical (unpaired) electrons. The lowest BCUT2D eigenvalue weighted by atomic mass is 10.0. The Bertz CT molecular complexity index is 626. The SMILES string of the molecule is CC(=O)c1cc(CC(=O)N2CCOC[C@](O)(CN3CCCC3)C2)cs1. The Labute approximate surface area is 152 Å². The number of aliphatic hydroxyl groups is 1. The van der Waals surface area contributed by atoms with Crippen LogP contribution in [0.2, 0.25) is 0 Å². The van der Waals surface area contributed by atoms with Gasteiger partial charge in [0, 0.05) is 13.1 Å². The highest BCUT2D eigenvalue weighted by Crippen LogP contribution is 2.20. The van der Waals surface area contributed by atoms with Crippen molar-refractivity contribution in [1.29, 1.82) is 0 Å². The van der Waals surface area contributed by atoms with Gasteiger partial charge in [-0.15, -0.1) is 11.3 Å². The van der Waals surface area contributed by atoms with Gasteiger partial charge in [-0.3, -0.25) is 9.59 Å². The first-order valence-electron chi connectivity index (χ1n) is 8.84. The van der Waals surface area contributed by atoms with Gasteiger partial charge in [0.15, 0.2) is 5.78 Å². The molecule has 3 heterocycles. The number of rotatable bonds is 5. The van der Waals surface area contributed by atoms with Crippen molar-refractivity contribution < 1.29 is 19.4 Å². The first-order valence-corrected chi connectivity index (χ1v) is 9.72. The molecule has 0 bridgehead atoms. The summed E-state index contributed by atoms with van der Waals surface area (Å²) in [5.41, 5.74) is -0.163. The molecule has 1 aromatic heterocycles. The van der Waals surface area contributed by atoms with Gasteiger partial charge in [-0.25, -0.2) is 0 Å². The zero-order valence-electron chi connectivity index (χ0n) is 14.7. The van der Waals surface area contributed by atoms with Crippen molar-refractivity contribution in [3.63, 3.8) is 0 Å². The molecule has 0 aliphatic carbocycles. The summed E-state index contributed by atoms with van der Waals surface area (Å²) in [5.74, 6) is -0.00916. The van der Waals surface area contributed by atoms with Crippen molar-refractivity contribution in [2.45, 2.75) is 31.8 Å². The van der Waals surface area contributed by atoms with E-state index >= 15 is 0 Å². The van der Waals surface area contributed by atoms with Gasteiger partial charge in [0.1, 0.15) is 5.60 Å². The van der Waals surface area contributed by atoms with Gasteiger partial charge in [0.25, 0.3) is 0 Å². The molecule has 1 atom stereocenters. The van der Waals surface area contributed by atoms with Gasteiger partial charge in [0.05, 0.1) is 31.1 Å². The van der Waals surface area contributed by atoms with Gasteiger partial charge in [-0.1, -0.05) is 0 Å². The van der Waals surface area contributed by atoms with Gasteiger partial charge < -0.3 is 19.6 Å². The van der Waals surface area contributed by atoms with Crippen molar-refractivity contribution in [1.82, 2.24) is 9.80 Å².